The summed E-state index contributed by atoms with van der Waals surface area (Å²) in [5.74, 6) is -0.228. The second-order valence-electron chi connectivity index (χ2n) is 3.83. The molecule has 0 saturated heterocycles. The summed E-state index contributed by atoms with van der Waals surface area (Å²) in [6.45, 7) is 0.599. The van der Waals surface area contributed by atoms with Crippen molar-refractivity contribution >= 4 is 39.1 Å². The number of nitrogens with two attached hydrogens (primary N) is 1. The standard InChI is InChI=1S/C12H16BrClN2O2/c1-18-7-3-5-9(15)12(17)16-10-6-2-4-8(14)11(10)13/h2,4,6,9H,3,5,7,15H2,1H3,(H,16,17). The normalized spacial score (nSPS) is 12.2. The third kappa shape index (κ3) is 4.57. The maximum Gasteiger partial charge on any atom is 0.241 e. The molecule has 0 spiro atoms. The van der Waals surface area contributed by atoms with E-state index in [1.807, 2.05) is 0 Å². The molecule has 0 saturated carbocycles. The van der Waals surface area contributed by atoms with E-state index in [-0.39, 0.29) is 5.91 Å². The van der Waals surface area contributed by atoms with Crippen molar-refractivity contribution in [3.05, 3.63) is 27.7 Å². The number of nitrogens with one attached hydrogen (secondary N) is 1. The largest absolute Gasteiger partial charge is 0.385 e. The van der Waals surface area contributed by atoms with E-state index in [0.29, 0.717) is 28.2 Å². The number of ether oxygens (including phenoxy) is 1. The van der Waals surface area contributed by atoms with E-state index >= 15 is 0 Å². The number of amides is 1. The summed E-state index contributed by atoms with van der Waals surface area (Å²) in [6, 6.07) is 4.71. The monoisotopic (exact) mass is 334 g/mol. The van der Waals surface area contributed by atoms with Crippen LogP contribution in [-0.4, -0.2) is 25.7 Å². The maximum absolute atomic E-state index is 11.8. The van der Waals surface area contributed by atoms with Crippen LogP contribution in [0.4, 0.5) is 5.69 Å². The van der Waals surface area contributed by atoms with Crippen LogP contribution in [-0.2, 0) is 9.53 Å². The van der Waals surface area contributed by atoms with Crippen molar-refractivity contribution in [2.45, 2.75) is 18.9 Å². The van der Waals surface area contributed by atoms with Gasteiger partial charge in [0.1, 0.15) is 0 Å². The van der Waals surface area contributed by atoms with Gasteiger partial charge in [0.25, 0.3) is 0 Å². The summed E-state index contributed by atoms with van der Waals surface area (Å²) >= 11 is 9.25. The number of hydrogen-bond donors (Lipinski definition) is 2. The van der Waals surface area contributed by atoms with Crippen LogP contribution in [0.2, 0.25) is 5.02 Å². The lowest BCUT2D eigenvalue weighted by atomic mass is 10.1. The van der Waals surface area contributed by atoms with Crippen molar-refractivity contribution in [2.24, 2.45) is 5.73 Å². The molecule has 6 heteroatoms. The van der Waals surface area contributed by atoms with Crippen LogP contribution in [0.15, 0.2) is 22.7 Å². The van der Waals surface area contributed by atoms with Gasteiger partial charge in [0.2, 0.25) is 5.91 Å². The predicted molar refractivity (Wildman–Crippen MR) is 76.9 cm³/mol. The van der Waals surface area contributed by atoms with Gasteiger partial charge in [0.15, 0.2) is 0 Å². The van der Waals surface area contributed by atoms with E-state index in [0.717, 1.165) is 6.42 Å². The van der Waals surface area contributed by atoms with Gasteiger partial charge in [-0.05, 0) is 40.9 Å². The third-order valence-corrected chi connectivity index (χ3v) is 3.81. The van der Waals surface area contributed by atoms with Gasteiger partial charge in [-0.2, -0.15) is 0 Å². The number of halogens is 2. The fraction of sp³-hybridized carbons (Fsp3) is 0.417. The van der Waals surface area contributed by atoms with Crippen LogP contribution in [0.25, 0.3) is 0 Å². The zero-order valence-electron chi connectivity index (χ0n) is 10.1. The molecule has 1 atom stereocenters. The van der Waals surface area contributed by atoms with Crippen molar-refractivity contribution in [1.29, 1.82) is 0 Å². The summed E-state index contributed by atoms with van der Waals surface area (Å²) in [5, 5.41) is 3.28. The average molecular weight is 336 g/mol. The van der Waals surface area contributed by atoms with E-state index in [9.17, 15) is 4.79 Å². The number of carbonyl (C=O) groups is 1. The van der Waals surface area contributed by atoms with Crippen LogP contribution in [0.5, 0.6) is 0 Å². The zero-order chi connectivity index (χ0) is 13.5. The average Bonchev–Trinajstić information content (AvgIpc) is 2.35. The van der Waals surface area contributed by atoms with Crippen molar-refractivity contribution in [1.82, 2.24) is 0 Å². The molecule has 0 aliphatic heterocycles. The molecule has 0 bridgehead atoms. The molecule has 0 aliphatic carbocycles. The van der Waals surface area contributed by atoms with Gasteiger partial charge in [-0.25, -0.2) is 0 Å². The highest BCUT2D eigenvalue weighted by Crippen LogP contribution is 2.30. The molecule has 1 aromatic rings. The molecule has 1 amide bonds. The van der Waals surface area contributed by atoms with Crippen molar-refractivity contribution < 1.29 is 9.53 Å². The zero-order valence-corrected chi connectivity index (χ0v) is 12.4. The molecule has 1 aromatic carbocycles. The van der Waals surface area contributed by atoms with E-state index < -0.39 is 6.04 Å². The molecule has 0 heterocycles. The summed E-state index contributed by atoms with van der Waals surface area (Å²) in [7, 11) is 1.62. The minimum atomic E-state index is -0.550. The molecule has 18 heavy (non-hydrogen) atoms. The molecule has 4 nitrogen and oxygen atoms in total. The Labute approximate surface area is 120 Å². The second kappa shape index (κ2) is 7.74. The molecule has 100 valence electrons. The van der Waals surface area contributed by atoms with Gasteiger partial charge in [-0.15, -0.1) is 0 Å². The third-order valence-electron chi connectivity index (χ3n) is 2.41. The van der Waals surface area contributed by atoms with Crippen LogP contribution in [0, 0.1) is 0 Å². The van der Waals surface area contributed by atoms with Crippen molar-refractivity contribution in [3.8, 4) is 0 Å². The Bertz CT molecular complexity index is 415. The minimum Gasteiger partial charge on any atom is -0.385 e. The Morgan fingerprint density at radius 3 is 3.00 bits per heavy atom. The lowest BCUT2D eigenvalue weighted by molar-refractivity contribution is -0.117. The lowest BCUT2D eigenvalue weighted by Gasteiger charge is -2.13. The number of benzene rings is 1. The van der Waals surface area contributed by atoms with Crippen LogP contribution in [0.1, 0.15) is 12.8 Å². The Kier molecular flexibility index (Phi) is 6.63. The number of methoxy groups -OCH3 is 1. The topological polar surface area (TPSA) is 64.3 Å². The Morgan fingerprint density at radius 1 is 1.61 bits per heavy atom. The predicted octanol–water partition coefficient (Wildman–Crippen LogP) is 2.79. The molecular formula is C12H16BrClN2O2. The van der Waals surface area contributed by atoms with Gasteiger partial charge in [0, 0.05) is 13.7 Å². The van der Waals surface area contributed by atoms with Crippen LogP contribution >= 0.6 is 27.5 Å². The van der Waals surface area contributed by atoms with E-state index in [1.54, 1.807) is 25.3 Å². The van der Waals surface area contributed by atoms with Gasteiger partial charge in [0.05, 0.1) is 21.2 Å². The Balaban J connectivity index is 2.56. The van der Waals surface area contributed by atoms with Crippen molar-refractivity contribution in [2.75, 3.05) is 19.0 Å². The van der Waals surface area contributed by atoms with Crippen molar-refractivity contribution in [3.63, 3.8) is 0 Å². The highest BCUT2D eigenvalue weighted by Gasteiger charge is 2.14. The number of rotatable bonds is 6. The van der Waals surface area contributed by atoms with Gasteiger partial charge in [-0.3, -0.25) is 4.79 Å². The highest BCUT2D eigenvalue weighted by atomic mass is 79.9. The fourth-order valence-corrected chi connectivity index (χ4v) is 1.94. The molecule has 1 unspecified atom stereocenters. The fourth-order valence-electron chi connectivity index (χ4n) is 1.40. The minimum absolute atomic E-state index is 0.228. The first-order valence-electron chi connectivity index (χ1n) is 5.55. The first kappa shape index (κ1) is 15.4. The first-order chi connectivity index (χ1) is 8.56. The molecule has 0 aromatic heterocycles. The molecule has 0 aliphatic rings. The molecule has 1 rings (SSSR count). The summed E-state index contributed by atoms with van der Waals surface area (Å²) in [6.07, 6.45) is 1.33. The maximum atomic E-state index is 11.8. The number of hydrogen-bond acceptors (Lipinski definition) is 3. The Morgan fingerprint density at radius 2 is 2.33 bits per heavy atom. The molecule has 3 N–H and O–H groups in total. The van der Waals surface area contributed by atoms with E-state index in [2.05, 4.69) is 21.2 Å². The summed E-state index contributed by atoms with van der Waals surface area (Å²) in [4.78, 5) is 11.8. The van der Waals surface area contributed by atoms with Gasteiger partial charge >= 0.3 is 0 Å². The Hall–Kier alpha value is -0.620. The highest BCUT2D eigenvalue weighted by molar-refractivity contribution is 9.10. The smallest absolute Gasteiger partial charge is 0.241 e. The molecule has 0 radical (unpaired) electrons. The SMILES string of the molecule is COCCCC(N)C(=O)Nc1cccc(Cl)c1Br. The van der Waals surface area contributed by atoms with Crippen LogP contribution in [0.3, 0.4) is 0 Å². The van der Waals surface area contributed by atoms with Gasteiger partial charge in [-0.1, -0.05) is 17.7 Å². The van der Waals surface area contributed by atoms with E-state index in [1.165, 1.54) is 0 Å². The molecule has 0 fully saturated rings. The quantitative estimate of drug-likeness (QED) is 0.786. The number of carbonyl (C=O) groups excluding carboxylic acids is 1. The number of anilines is 1. The lowest BCUT2D eigenvalue weighted by Crippen LogP contribution is -2.35. The second-order valence-corrected chi connectivity index (χ2v) is 5.03. The van der Waals surface area contributed by atoms with E-state index in [4.69, 9.17) is 22.1 Å². The summed E-state index contributed by atoms with van der Waals surface area (Å²) < 4.78 is 5.57. The molecular weight excluding hydrogens is 320 g/mol. The first-order valence-corrected chi connectivity index (χ1v) is 6.72. The van der Waals surface area contributed by atoms with Crippen LogP contribution < -0.4 is 11.1 Å². The summed E-state index contributed by atoms with van der Waals surface area (Å²) in [5.41, 5.74) is 6.40. The van der Waals surface area contributed by atoms with Gasteiger partial charge < -0.3 is 15.8 Å².